The lowest BCUT2D eigenvalue weighted by molar-refractivity contribution is -0.132. The molecule has 2 amide bonds. The molecule has 2 aliphatic carbocycles. The van der Waals surface area contributed by atoms with Crippen molar-refractivity contribution in [3.8, 4) is 6.07 Å². The Morgan fingerprint density at radius 3 is 2.97 bits per heavy atom. The molecule has 182 valence electrons. The molecule has 2 aromatic heterocycles. The zero-order valence-electron chi connectivity index (χ0n) is 20.0. The molecule has 0 spiro atoms. The number of thiophene rings is 1. The molecule has 1 aliphatic heterocycles. The maximum atomic E-state index is 13.0. The third kappa shape index (κ3) is 4.63. The van der Waals surface area contributed by atoms with Crippen molar-refractivity contribution in [3.05, 3.63) is 57.7 Å². The number of ether oxygens (including phenoxy) is 1. The highest BCUT2D eigenvalue weighted by atomic mass is 32.1. The van der Waals surface area contributed by atoms with E-state index in [2.05, 4.69) is 22.4 Å². The van der Waals surface area contributed by atoms with Gasteiger partial charge in [-0.25, -0.2) is 4.98 Å². The maximum Gasteiger partial charge on any atom is 0.228 e. The number of allylic oxidation sites excluding steroid dienone is 3. The number of imidazole rings is 1. The summed E-state index contributed by atoms with van der Waals surface area (Å²) in [5.74, 6) is 1.94. The zero-order valence-corrected chi connectivity index (χ0v) is 20.9. The molecule has 0 bridgehead atoms. The Labute approximate surface area is 208 Å². The first kappa shape index (κ1) is 23.4. The van der Waals surface area contributed by atoms with E-state index in [9.17, 15) is 14.9 Å². The first-order valence-corrected chi connectivity index (χ1v) is 12.8. The highest BCUT2D eigenvalue weighted by Crippen LogP contribution is 2.49. The predicted octanol–water partition coefficient (Wildman–Crippen LogP) is 3.70. The molecule has 3 aliphatic rings. The van der Waals surface area contributed by atoms with Gasteiger partial charge in [-0.2, -0.15) is 5.26 Å². The number of rotatable bonds is 7. The van der Waals surface area contributed by atoms with Crippen molar-refractivity contribution in [2.24, 2.45) is 18.9 Å². The molecule has 0 saturated heterocycles. The molecule has 1 fully saturated rings. The van der Waals surface area contributed by atoms with Gasteiger partial charge in [0.05, 0.1) is 19.2 Å². The number of nitrogens with one attached hydrogen (secondary N) is 1. The first-order chi connectivity index (χ1) is 17.0. The van der Waals surface area contributed by atoms with Gasteiger partial charge in [-0.3, -0.25) is 9.59 Å². The molecular weight excluding hydrogens is 462 g/mol. The number of hydrogen-bond donors (Lipinski definition) is 1. The number of carbonyl (C=O) groups is 2. The zero-order chi connectivity index (χ0) is 24.5. The Morgan fingerprint density at radius 2 is 2.23 bits per heavy atom. The summed E-state index contributed by atoms with van der Waals surface area (Å²) in [6.07, 6.45) is 12.0. The van der Waals surface area contributed by atoms with Crippen molar-refractivity contribution < 1.29 is 14.3 Å². The van der Waals surface area contributed by atoms with Crippen LogP contribution in [0.15, 0.2) is 35.9 Å². The average molecular weight is 492 g/mol. The summed E-state index contributed by atoms with van der Waals surface area (Å²) >= 11 is 1.43. The standard InChI is InChI=1S/C26H29N5O3S/c1-30-12-10-28-23(30)7-8-24(32)31-11-9-17-20(14-27)26(35-22(17)15-31)29-25(33)19-13-18(19)16-5-3-4-6-21(16)34-2/h4,6,10,12,18-19H,3,5,7-9,11,13,15H2,1-2H3,(H,29,33). The van der Waals surface area contributed by atoms with E-state index in [4.69, 9.17) is 4.74 Å². The summed E-state index contributed by atoms with van der Waals surface area (Å²) in [6, 6.07) is 2.30. The van der Waals surface area contributed by atoms with Crippen LogP contribution in [0.1, 0.15) is 47.5 Å². The van der Waals surface area contributed by atoms with E-state index in [0.29, 0.717) is 42.9 Å². The minimum absolute atomic E-state index is 0.0365. The molecule has 2 atom stereocenters. The normalized spacial score (nSPS) is 20.9. The van der Waals surface area contributed by atoms with E-state index in [1.54, 1.807) is 13.3 Å². The van der Waals surface area contributed by atoms with Crippen molar-refractivity contribution in [2.75, 3.05) is 19.0 Å². The number of carbonyl (C=O) groups excluding carboxylic acids is 2. The van der Waals surface area contributed by atoms with Gasteiger partial charge in [-0.1, -0.05) is 6.08 Å². The Bertz CT molecular complexity index is 1260. The Balaban J connectivity index is 1.23. The number of fused-ring (bicyclic) bond motifs is 1. The molecule has 1 N–H and O–H groups in total. The summed E-state index contributed by atoms with van der Waals surface area (Å²) < 4.78 is 7.43. The van der Waals surface area contributed by atoms with Crippen LogP contribution in [0.5, 0.6) is 0 Å². The molecule has 2 unspecified atom stereocenters. The molecule has 0 aromatic carbocycles. The summed E-state index contributed by atoms with van der Waals surface area (Å²) in [5.41, 5.74) is 2.74. The van der Waals surface area contributed by atoms with Crippen LogP contribution < -0.4 is 5.32 Å². The number of nitriles is 1. The highest BCUT2D eigenvalue weighted by molar-refractivity contribution is 7.16. The highest BCUT2D eigenvalue weighted by Gasteiger charge is 2.46. The summed E-state index contributed by atoms with van der Waals surface area (Å²) in [5, 5.41) is 13.5. The van der Waals surface area contributed by atoms with Gasteiger partial charge in [0.25, 0.3) is 0 Å². The van der Waals surface area contributed by atoms with Crippen LogP contribution in [0.25, 0.3) is 0 Å². The fraction of sp³-hybridized carbons (Fsp3) is 0.462. The Kier molecular flexibility index (Phi) is 6.48. The van der Waals surface area contributed by atoms with Crippen LogP contribution >= 0.6 is 11.3 Å². The topological polar surface area (TPSA) is 100 Å². The molecule has 35 heavy (non-hydrogen) atoms. The molecule has 8 nitrogen and oxygen atoms in total. The lowest BCUT2D eigenvalue weighted by Gasteiger charge is -2.27. The van der Waals surface area contributed by atoms with Gasteiger partial charge in [0, 0.05) is 49.6 Å². The van der Waals surface area contributed by atoms with Crippen LogP contribution in [-0.2, 0) is 40.8 Å². The van der Waals surface area contributed by atoms with Gasteiger partial charge in [0.2, 0.25) is 11.8 Å². The van der Waals surface area contributed by atoms with E-state index in [0.717, 1.165) is 41.3 Å². The van der Waals surface area contributed by atoms with Gasteiger partial charge in [-0.05, 0) is 48.8 Å². The molecule has 2 aromatic rings. The van der Waals surface area contributed by atoms with Crippen molar-refractivity contribution in [2.45, 2.75) is 45.1 Å². The lowest BCUT2D eigenvalue weighted by Crippen LogP contribution is -2.35. The minimum Gasteiger partial charge on any atom is -0.497 e. The first-order valence-electron chi connectivity index (χ1n) is 12.0. The number of aromatic nitrogens is 2. The molecular formula is C26H29N5O3S. The second kappa shape index (κ2) is 9.70. The Hall–Kier alpha value is -3.38. The fourth-order valence-electron chi connectivity index (χ4n) is 5.14. The van der Waals surface area contributed by atoms with Crippen LogP contribution in [0.3, 0.4) is 0 Å². The number of anilines is 1. The number of aryl methyl sites for hydroxylation is 2. The van der Waals surface area contributed by atoms with Gasteiger partial charge >= 0.3 is 0 Å². The monoisotopic (exact) mass is 491 g/mol. The molecule has 0 radical (unpaired) electrons. The van der Waals surface area contributed by atoms with Crippen molar-refractivity contribution >= 4 is 28.2 Å². The molecule has 1 saturated carbocycles. The van der Waals surface area contributed by atoms with Crippen LogP contribution in [0, 0.1) is 23.2 Å². The smallest absolute Gasteiger partial charge is 0.228 e. The van der Waals surface area contributed by atoms with E-state index < -0.39 is 0 Å². The Morgan fingerprint density at radius 1 is 1.37 bits per heavy atom. The van der Waals surface area contributed by atoms with E-state index in [-0.39, 0.29) is 23.7 Å². The second-order valence-electron chi connectivity index (χ2n) is 9.31. The van der Waals surface area contributed by atoms with Crippen molar-refractivity contribution in [1.29, 1.82) is 5.26 Å². The lowest BCUT2D eigenvalue weighted by atomic mass is 9.98. The molecule has 9 heteroatoms. The van der Waals surface area contributed by atoms with Crippen LogP contribution in [-0.4, -0.2) is 39.9 Å². The summed E-state index contributed by atoms with van der Waals surface area (Å²) in [7, 11) is 3.60. The van der Waals surface area contributed by atoms with Gasteiger partial charge in [0.1, 0.15) is 22.7 Å². The van der Waals surface area contributed by atoms with Crippen molar-refractivity contribution in [3.63, 3.8) is 0 Å². The van der Waals surface area contributed by atoms with Crippen LogP contribution in [0.2, 0.25) is 0 Å². The minimum atomic E-state index is -0.0866. The summed E-state index contributed by atoms with van der Waals surface area (Å²) in [4.78, 5) is 33.0. The predicted molar refractivity (Wildman–Crippen MR) is 132 cm³/mol. The fourth-order valence-corrected chi connectivity index (χ4v) is 6.35. The van der Waals surface area contributed by atoms with Gasteiger partial charge < -0.3 is 19.5 Å². The number of amides is 2. The van der Waals surface area contributed by atoms with Gasteiger partial charge in [0.15, 0.2) is 0 Å². The van der Waals surface area contributed by atoms with E-state index in [1.165, 1.54) is 16.9 Å². The SMILES string of the molecule is COC1=C(C2CC2C(=O)Nc2sc3c(c2C#N)CCN(C(=O)CCc2nccn2C)C3)CCC=C1. The van der Waals surface area contributed by atoms with E-state index >= 15 is 0 Å². The number of methoxy groups -OCH3 is 1. The largest absolute Gasteiger partial charge is 0.497 e. The summed E-state index contributed by atoms with van der Waals surface area (Å²) in [6.45, 7) is 1.06. The number of nitrogens with zero attached hydrogens (tertiary/aromatic N) is 4. The quantitative estimate of drug-likeness (QED) is 0.637. The third-order valence-electron chi connectivity index (χ3n) is 7.20. The maximum absolute atomic E-state index is 13.0. The molecule has 3 heterocycles. The van der Waals surface area contributed by atoms with Gasteiger partial charge in [-0.15, -0.1) is 11.3 Å². The van der Waals surface area contributed by atoms with Crippen LogP contribution in [0.4, 0.5) is 5.00 Å². The number of hydrogen-bond acceptors (Lipinski definition) is 6. The van der Waals surface area contributed by atoms with Crippen molar-refractivity contribution in [1.82, 2.24) is 14.5 Å². The average Bonchev–Trinajstić information content (AvgIpc) is 3.46. The second-order valence-corrected chi connectivity index (χ2v) is 10.4. The van der Waals surface area contributed by atoms with E-state index in [1.807, 2.05) is 28.8 Å². The molecule has 5 rings (SSSR count). The third-order valence-corrected chi connectivity index (χ3v) is 8.33.